The van der Waals surface area contributed by atoms with Crippen LogP contribution in [0.2, 0.25) is 0 Å². The molecule has 0 saturated heterocycles. The number of esters is 1. The Morgan fingerprint density at radius 2 is 2.06 bits per heavy atom. The van der Waals surface area contributed by atoms with Crippen LogP contribution in [0.15, 0.2) is 18.3 Å². The fraction of sp³-hybridized carbons (Fsp3) is 0.417. The van der Waals surface area contributed by atoms with Crippen LogP contribution in [-0.2, 0) is 16.0 Å². The van der Waals surface area contributed by atoms with Crippen LogP contribution in [0.3, 0.4) is 0 Å². The van der Waals surface area contributed by atoms with Crippen LogP contribution in [0.4, 0.5) is 0 Å². The lowest BCUT2D eigenvalue weighted by atomic mass is 10.1. The molecule has 0 amide bonds. The average molecular weight is 237 g/mol. The monoisotopic (exact) mass is 237 g/mol. The van der Waals surface area contributed by atoms with E-state index in [2.05, 4.69) is 4.98 Å². The van der Waals surface area contributed by atoms with Crippen molar-refractivity contribution in [2.75, 3.05) is 0 Å². The molecule has 0 aliphatic carbocycles. The van der Waals surface area contributed by atoms with E-state index in [-0.39, 0.29) is 17.7 Å². The summed E-state index contributed by atoms with van der Waals surface area (Å²) in [5.41, 5.74) is -0.202. The van der Waals surface area contributed by atoms with Crippen molar-refractivity contribution in [1.29, 1.82) is 0 Å². The van der Waals surface area contributed by atoms with Gasteiger partial charge in [-0.25, -0.2) is 4.79 Å². The van der Waals surface area contributed by atoms with Gasteiger partial charge in [0, 0.05) is 6.20 Å². The minimum atomic E-state index is -1.03. The molecule has 1 heterocycles. The van der Waals surface area contributed by atoms with Crippen molar-refractivity contribution in [2.45, 2.75) is 32.8 Å². The maximum atomic E-state index is 11.8. The summed E-state index contributed by atoms with van der Waals surface area (Å²) in [7, 11) is 0. The van der Waals surface area contributed by atoms with E-state index in [4.69, 9.17) is 9.84 Å². The summed E-state index contributed by atoms with van der Waals surface area (Å²) in [6, 6.07) is 3.09. The van der Waals surface area contributed by atoms with Gasteiger partial charge >= 0.3 is 11.9 Å². The summed E-state index contributed by atoms with van der Waals surface area (Å²) in [6.07, 6.45) is 1.15. The molecule has 0 aliphatic heterocycles. The van der Waals surface area contributed by atoms with Crippen LogP contribution in [0, 0.1) is 0 Å². The molecular formula is C12H15NO4. The predicted octanol–water partition coefficient (Wildman–Crippen LogP) is 1.66. The molecule has 1 N–H and O–H groups in total. The molecule has 0 atom stereocenters. The van der Waals surface area contributed by atoms with Crippen molar-refractivity contribution in [3.05, 3.63) is 29.6 Å². The molecule has 1 rings (SSSR count). The quantitative estimate of drug-likeness (QED) is 0.809. The van der Waals surface area contributed by atoms with Gasteiger partial charge in [-0.3, -0.25) is 9.78 Å². The molecule has 5 nitrogen and oxygen atoms in total. The van der Waals surface area contributed by atoms with Crippen LogP contribution in [-0.4, -0.2) is 27.6 Å². The fourth-order valence-electron chi connectivity index (χ4n) is 1.24. The van der Waals surface area contributed by atoms with Crippen molar-refractivity contribution < 1.29 is 19.4 Å². The summed E-state index contributed by atoms with van der Waals surface area (Å²) >= 11 is 0. The third-order valence-electron chi connectivity index (χ3n) is 1.83. The molecule has 5 heteroatoms. The number of carboxylic acids is 1. The Hall–Kier alpha value is -1.91. The minimum absolute atomic E-state index is 0.199. The third kappa shape index (κ3) is 4.22. The smallest absolute Gasteiger partial charge is 0.340 e. The third-order valence-corrected chi connectivity index (χ3v) is 1.83. The second-order valence-corrected chi connectivity index (χ2v) is 4.57. The Balaban J connectivity index is 2.97. The zero-order valence-electron chi connectivity index (χ0n) is 10.1. The van der Waals surface area contributed by atoms with E-state index in [1.807, 2.05) is 0 Å². The molecular weight excluding hydrogens is 222 g/mol. The summed E-state index contributed by atoms with van der Waals surface area (Å²) < 4.78 is 5.17. The minimum Gasteiger partial charge on any atom is -0.481 e. The first-order valence-electron chi connectivity index (χ1n) is 5.18. The molecule has 0 radical (unpaired) electrons. The topological polar surface area (TPSA) is 76.5 Å². The Morgan fingerprint density at radius 1 is 1.41 bits per heavy atom. The fourth-order valence-corrected chi connectivity index (χ4v) is 1.24. The number of hydrogen-bond donors (Lipinski definition) is 1. The van der Waals surface area contributed by atoms with Crippen LogP contribution in [0.1, 0.15) is 36.8 Å². The van der Waals surface area contributed by atoms with Crippen molar-refractivity contribution in [2.24, 2.45) is 0 Å². The lowest BCUT2D eigenvalue weighted by Gasteiger charge is -2.20. The summed E-state index contributed by atoms with van der Waals surface area (Å²) in [6.45, 7) is 5.24. The molecule has 0 fully saturated rings. The standard InChI is InChI=1S/C12H15NO4/c1-12(2,3)17-11(16)8-5-4-6-13-9(8)7-10(14)15/h4-6H,7H2,1-3H3,(H,14,15). The lowest BCUT2D eigenvalue weighted by Crippen LogP contribution is -2.25. The van der Waals surface area contributed by atoms with E-state index in [1.165, 1.54) is 12.3 Å². The average Bonchev–Trinajstić information content (AvgIpc) is 2.14. The van der Waals surface area contributed by atoms with Gasteiger partial charge in [0.05, 0.1) is 17.7 Å². The van der Waals surface area contributed by atoms with Gasteiger partial charge in [0.15, 0.2) is 0 Å². The first kappa shape index (κ1) is 13.2. The molecule has 0 unspecified atom stereocenters. The number of aromatic nitrogens is 1. The van der Waals surface area contributed by atoms with Crippen LogP contribution < -0.4 is 0 Å². The van der Waals surface area contributed by atoms with Gasteiger partial charge in [0.25, 0.3) is 0 Å². The maximum Gasteiger partial charge on any atom is 0.340 e. The predicted molar refractivity (Wildman–Crippen MR) is 60.7 cm³/mol. The second-order valence-electron chi connectivity index (χ2n) is 4.57. The highest BCUT2D eigenvalue weighted by molar-refractivity contribution is 5.92. The molecule has 0 saturated carbocycles. The normalized spacial score (nSPS) is 11.0. The van der Waals surface area contributed by atoms with Crippen molar-refractivity contribution in [3.63, 3.8) is 0 Å². The maximum absolute atomic E-state index is 11.8. The molecule has 0 aliphatic rings. The van der Waals surface area contributed by atoms with Crippen molar-refractivity contribution >= 4 is 11.9 Å². The molecule has 0 spiro atoms. The Bertz CT molecular complexity index is 434. The zero-order valence-corrected chi connectivity index (χ0v) is 10.1. The van der Waals surface area contributed by atoms with E-state index >= 15 is 0 Å². The summed E-state index contributed by atoms with van der Waals surface area (Å²) in [5.74, 6) is -1.59. The molecule has 17 heavy (non-hydrogen) atoms. The molecule has 1 aromatic rings. The van der Waals surface area contributed by atoms with Gasteiger partial charge < -0.3 is 9.84 Å². The number of hydrogen-bond acceptors (Lipinski definition) is 4. The van der Waals surface area contributed by atoms with E-state index < -0.39 is 17.5 Å². The van der Waals surface area contributed by atoms with Crippen LogP contribution >= 0.6 is 0 Å². The Labute approximate surface area is 99.4 Å². The van der Waals surface area contributed by atoms with E-state index in [0.717, 1.165) is 0 Å². The molecule has 1 aromatic heterocycles. The van der Waals surface area contributed by atoms with Gasteiger partial charge in [0.1, 0.15) is 5.60 Å². The molecule has 0 aromatic carbocycles. The Kier molecular flexibility index (Phi) is 3.83. The number of carbonyl (C=O) groups excluding carboxylic acids is 1. The summed E-state index contributed by atoms with van der Waals surface area (Å²) in [4.78, 5) is 26.3. The second kappa shape index (κ2) is 4.95. The van der Waals surface area contributed by atoms with Gasteiger partial charge in [-0.15, -0.1) is 0 Å². The first-order valence-corrected chi connectivity index (χ1v) is 5.18. The van der Waals surface area contributed by atoms with Crippen molar-refractivity contribution in [3.8, 4) is 0 Å². The first-order chi connectivity index (χ1) is 7.79. The number of pyridine rings is 1. The number of carboxylic acid groups (broad SMARTS) is 1. The highest BCUT2D eigenvalue weighted by Gasteiger charge is 2.21. The van der Waals surface area contributed by atoms with Gasteiger partial charge in [-0.1, -0.05) is 0 Å². The van der Waals surface area contributed by atoms with Gasteiger partial charge in [-0.05, 0) is 32.9 Å². The lowest BCUT2D eigenvalue weighted by molar-refractivity contribution is -0.136. The largest absolute Gasteiger partial charge is 0.481 e. The van der Waals surface area contributed by atoms with Crippen molar-refractivity contribution in [1.82, 2.24) is 4.98 Å². The molecule has 0 bridgehead atoms. The number of ether oxygens (including phenoxy) is 1. The highest BCUT2D eigenvalue weighted by Crippen LogP contribution is 2.14. The Morgan fingerprint density at radius 3 is 2.59 bits per heavy atom. The number of aliphatic carboxylic acids is 1. The van der Waals surface area contributed by atoms with Crippen LogP contribution in [0.5, 0.6) is 0 Å². The highest BCUT2D eigenvalue weighted by atomic mass is 16.6. The number of nitrogens with zero attached hydrogens (tertiary/aromatic N) is 1. The van der Waals surface area contributed by atoms with E-state index in [9.17, 15) is 9.59 Å². The SMILES string of the molecule is CC(C)(C)OC(=O)c1cccnc1CC(=O)O. The van der Waals surface area contributed by atoms with Gasteiger partial charge in [-0.2, -0.15) is 0 Å². The zero-order chi connectivity index (χ0) is 13.1. The number of carbonyl (C=O) groups is 2. The molecule has 92 valence electrons. The van der Waals surface area contributed by atoms with Crippen LogP contribution in [0.25, 0.3) is 0 Å². The van der Waals surface area contributed by atoms with Gasteiger partial charge in [0.2, 0.25) is 0 Å². The van der Waals surface area contributed by atoms with E-state index in [0.29, 0.717) is 0 Å². The van der Waals surface area contributed by atoms with E-state index in [1.54, 1.807) is 26.8 Å². The number of rotatable bonds is 3. The summed E-state index contributed by atoms with van der Waals surface area (Å²) in [5, 5.41) is 8.71.